The summed E-state index contributed by atoms with van der Waals surface area (Å²) in [6, 6.07) is 20.4. The number of amides is 2. The number of ether oxygens (including phenoxy) is 1. The van der Waals surface area contributed by atoms with Crippen molar-refractivity contribution in [3.05, 3.63) is 95.1 Å². The maximum atomic E-state index is 13.9. The predicted molar refractivity (Wildman–Crippen MR) is 130 cm³/mol. The second-order valence-corrected chi connectivity index (χ2v) is 9.13. The lowest BCUT2D eigenvalue weighted by atomic mass is 9.83. The number of benzene rings is 3. The predicted octanol–water partition coefficient (Wildman–Crippen LogP) is 3.77. The molecule has 0 aliphatic carbocycles. The number of carbonyl (C=O) groups excluding carboxylic acids is 3. The first-order valence-electron chi connectivity index (χ1n) is 11.5. The second-order valence-electron chi connectivity index (χ2n) is 9.13. The number of anilines is 1. The number of aryl methyl sites for hydroxylation is 1. The number of rotatable bonds is 4. The Bertz CT molecular complexity index is 1380. The average Bonchev–Trinajstić information content (AvgIpc) is 3.37. The molecule has 6 rings (SSSR count). The van der Waals surface area contributed by atoms with Crippen molar-refractivity contribution in [2.24, 2.45) is 16.9 Å². The van der Waals surface area contributed by atoms with Crippen molar-refractivity contribution in [1.82, 2.24) is 5.01 Å². The molecule has 2 saturated heterocycles. The van der Waals surface area contributed by atoms with Gasteiger partial charge in [0.15, 0.2) is 5.78 Å². The highest BCUT2D eigenvalue weighted by Gasteiger charge is 2.65. The van der Waals surface area contributed by atoms with Crippen molar-refractivity contribution in [1.29, 1.82) is 0 Å². The molecule has 35 heavy (non-hydrogen) atoms. The molecule has 0 spiro atoms. The highest BCUT2D eigenvalue weighted by atomic mass is 16.5. The van der Waals surface area contributed by atoms with Gasteiger partial charge in [-0.3, -0.25) is 19.4 Å². The van der Waals surface area contributed by atoms with Crippen LogP contribution in [0.2, 0.25) is 0 Å². The van der Waals surface area contributed by atoms with E-state index in [-0.39, 0.29) is 17.6 Å². The van der Waals surface area contributed by atoms with E-state index in [1.165, 1.54) is 4.90 Å². The molecule has 0 bridgehead atoms. The van der Waals surface area contributed by atoms with Gasteiger partial charge in [-0.25, -0.2) is 4.90 Å². The van der Waals surface area contributed by atoms with E-state index >= 15 is 0 Å². The van der Waals surface area contributed by atoms with Crippen LogP contribution in [0.25, 0.3) is 0 Å². The topological polar surface area (TPSA) is 79.3 Å². The molecule has 3 aliphatic rings. The van der Waals surface area contributed by atoms with E-state index < -0.39 is 23.9 Å². The third-order valence-electron chi connectivity index (χ3n) is 7.23. The molecule has 7 nitrogen and oxygen atoms in total. The summed E-state index contributed by atoms with van der Waals surface area (Å²) >= 11 is 0. The van der Waals surface area contributed by atoms with Gasteiger partial charge in [0.2, 0.25) is 11.8 Å². The maximum absolute atomic E-state index is 13.9. The number of imide groups is 1. The zero-order valence-corrected chi connectivity index (χ0v) is 19.3. The zero-order chi connectivity index (χ0) is 24.3. The summed E-state index contributed by atoms with van der Waals surface area (Å²) in [5.74, 6) is -1.82. The Kier molecular flexibility index (Phi) is 4.81. The number of methoxy groups -OCH3 is 1. The molecule has 7 heteroatoms. The normalized spacial score (nSPS) is 24.3. The number of fused-ring (bicyclic) bond motifs is 5. The minimum atomic E-state index is -0.894. The van der Waals surface area contributed by atoms with Gasteiger partial charge in [-0.05, 0) is 54.4 Å². The van der Waals surface area contributed by atoms with Crippen LogP contribution in [0, 0.1) is 18.8 Å². The first kappa shape index (κ1) is 21.3. The highest BCUT2D eigenvalue weighted by Crippen LogP contribution is 2.53. The van der Waals surface area contributed by atoms with E-state index in [0.29, 0.717) is 17.0 Å². The van der Waals surface area contributed by atoms with E-state index in [1.54, 1.807) is 54.7 Å². The van der Waals surface area contributed by atoms with Crippen LogP contribution in [-0.2, 0) is 9.59 Å². The number of carbonyl (C=O) groups is 3. The Morgan fingerprint density at radius 2 is 1.57 bits per heavy atom. The number of ketones is 1. The standard InChI is InChI=1S/C28H23N3O4/c1-16-7-11-19(12-8-16)30-27(33)22-23(28(30)34)25(26(32)17-9-13-20(35-2)14-10-17)31-24(22)21-6-4-3-5-18(21)15-29-31/h3-15,22-25H,1-2H3/t22-,23-,24-,25+/m1/s1. The average molecular weight is 466 g/mol. The van der Waals surface area contributed by atoms with Crippen LogP contribution in [0.4, 0.5) is 5.69 Å². The van der Waals surface area contributed by atoms with E-state index in [1.807, 2.05) is 43.3 Å². The van der Waals surface area contributed by atoms with Crippen molar-refractivity contribution in [2.45, 2.75) is 19.0 Å². The summed E-state index contributed by atoms with van der Waals surface area (Å²) in [7, 11) is 1.56. The highest BCUT2D eigenvalue weighted by molar-refractivity contribution is 6.24. The number of hydrazone groups is 1. The lowest BCUT2D eigenvalue weighted by Gasteiger charge is -2.33. The van der Waals surface area contributed by atoms with Gasteiger partial charge in [-0.15, -0.1) is 0 Å². The lowest BCUT2D eigenvalue weighted by Crippen LogP contribution is -2.44. The van der Waals surface area contributed by atoms with Crippen LogP contribution in [0.3, 0.4) is 0 Å². The van der Waals surface area contributed by atoms with Crippen molar-refractivity contribution in [2.75, 3.05) is 12.0 Å². The van der Waals surface area contributed by atoms with Crippen LogP contribution in [0.1, 0.15) is 33.1 Å². The summed E-state index contributed by atoms with van der Waals surface area (Å²) in [5.41, 5.74) is 3.78. The smallest absolute Gasteiger partial charge is 0.240 e. The molecule has 2 fully saturated rings. The molecule has 0 unspecified atom stereocenters. The van der Waals surface area contributed by atoms with E-state index in [2.05, 4.69) is 5.10 Å². The number of nitrogens with zero attached hydrogens (tertiary/aromatic N) is 3. The third kappa shape index (κ3) is 3.11. The lowest BCUT2D eigenvalue weighted by molar-refractivity contribution is -0.124. The van der Waals surface area contributed by atoms with Crippen LogP contribution < -0.4 is 9.64 Å². The van der Waals surface area contributed by atoms with Crippen LogP contribution >= 0.6 is 0 Å². The minimum Gasteiger partial charge on any atom is -0.497 e. The molecule has 3 aromatic rings. The molecule has 2 amide bonds. The zero-order valence-electron chi connectivity index (χ0n) is 19.3. The first-order valence-corrected chi connectivity index (χ1v) is 11.5. The summed E-state index contributed by atoms with van der Waals surface area (Å²) in [5, 5.41) is 6.27. The molecule has 3 heterocycles. The van der Waals surface area contributed by atoms with Crippen LogP contribution in [-0.4, -0.2) is 42.0 Å². The van der Waals surface area contributed by atoms with Crippen LogP contribution in [0.15, 0.2) is 77.9 Å². The Labute approximate surface area is 202 Å². The fourth-order valence-electron chi connectivity index (χ4n) is 5.54. The first-order chi connectivity index (χ1) is 17.0. The van der Waals surface area contributed by atoms with Gasteiger partial charge in [-0.2, -0.15) is 5.10 Å². The maximum Gasteiger partial charge on any atom is 0.240 e. The molecule has 174 valence electrons. The van der Waals surface area contributed by atoms with Gasteiger partial charge >= 0.3 is 0 Å². The summed E-state index contributed by atoms with van der Waals surface area (Å²) in [6.07, 6.45) is 1.70. The van der Waals surface area contributed by atoms with Crippen molar-refractivity contribution >= 4 is 29.5 Å². The summed E-state index contributed by atoms with van der Waals surface area (Å²) < 4.78 is 5.22. The van der Waals surface area contributed by atoms with Crippen molar-refractivity contribution in [3.8, 4) is 5.75 Å². The summed E-state index contributed by atoms with van der Waals surface area (Å²) in [6.45, 7) is 1.95. The van der Waals surface area contributed by atoms with Gasteiger partial charge < -0.3 is 4.74 Å². The Morgan fingerprint density at radius 1 is 0.886 bits per heavy atom. The SMILES string of the molecule is COc1ccc(C(=O)[C@@H]2[C@@H]3C(=O)N(c4ccc(C)cc4)C(=O)[C@H]3[C@H]3c4ccccc4C=NN23)cc1. The number of hydrogen-bond donors (Lipinski definition) is 0. The van der Waals surface area contributed by atoms with Gasteiger partial charge in [-0.1, -0.05) is 42.0 Å². The van der Waals surface area contributed by atoms with Gasteiger partial charge in [0, 0.05) is 5.56 Å². The molecule has 3 aliphatic heterocycles. The monoisotopic (exact) mass is 465 g/mol. The van der Waals surface area contributed by atoms with Gasteiger partial charge in [0.25, 0.3) is 0 Å². The molecule has 0 radical (unpaired) electrons. The summed E-state index contributed by atoms with van der Waals surface area (Å²) in [4.78, 5) is 42.8. The molecular formula is C28H23N3O4. The van der Waals surface area contributed by atoms with Crippen molar-refractivity contribution < 1.29 is 19.1 Å². The fourth-order valence-corrected chi connectivity index (χ4v) is 5.54. The van der Waals surface area contributed by atoms with Crippen LogP contribution in [0.5, 0.6) is 5.75 Å². The fraction of sp³-hybridized carbons (Fsp3) is 0.214. The Hall–Kier alpha value is -4.26. The minimum absolute atomic E-state index is 0.242. The van der Waals surface area contributed by atoms with Crippen molar-refractivity contribution in [3.63, 3.8) is 0 Å². The molecule has 0 saturated carbocycles. The van der Waals surface area contributed by atoms with Gasteiger partial charge in [0.05, 0.1) is 36.9 Å². The largest absolute Gasteiger partial charge is 0.497 e. The van der Waals surface area contributed by atoms with E-state index in [0.717, 1.165) is 16.7 Å². The Balaban J connectivity index is 1.47. The third-order valence-corrected chi connectivity index (χ3v) is 7.23. The Morgan fingerprint density at radius 3 is 2.29 bits per heavy atom. The number of hydrogen-bond acceptors (Lipinski definition) is 6. The van der Waals surface area contributed by atoms with Gasteiger partial charge in [0.1, 0.15) is 11.8 Å². The quantitative estimate of drug-likeness (QED) is 0.433. The second kappa shape index (κ2) is 7.91. The number of Topliss-reactive ketones (excluding diaryl/α,β-unsaturated/α-hetero) is 1. The van der Waals surface area contributed by atoms with E-state index in [9.17, 15) is 14.4 Å². The molecule has 0 aromatic heterocycles. The molecular weight excluding hydrogens is 442 g/mol. The molecule has 0 N–H and O–H groups in total. The van der Waals surface area contributed by atoms with E-state index in [4.69, 9.17) is 4.74 Å². The molecule has 3 aromatic carbocycles. The molecule has 4 atom stereocenters.